The van der Waals surface area contributed by atoms with Crippen LogP contribution in [-0.2, 0) is 11.2 Å². The second-order valence-electron chi connectivity index (χ2n) is 4.25. The molecule has 6 heteroatoms. The summed E-state index contributed by atoms with van der Waals surface area (Å²) in [5.74, 6) is -0.876. The number of hydrogen-bond acceptors (Lipinski definition) is 5. The Morgan fingerprint density at radius 1 is 1.35 bits per heavy atom. The average molecular weight is 285 g/mol. The molecule has 0 amide bonds. The maximum atomic E-state index is 10.6. The maximum absolute atomic E-state index is 10.6. The first kappa shape index (κ1) is 12.6. The fraction of sp³-hybridized carbons (Fsp3) is 0.0714. The largest absolute Gasteiger partial charge is 0.481 e. The number of carbonyl (C=O) groups is 1. The number of anilines is 2. The van der Waals surface area contributed by atoms with Crippen molar-refractivity contribution in [2.45, 2.75) is 6.42 Å². The van der Waals surface area contributed by atoms with E-state index in [-0.39, 0.29) is 6.42 Å². The van der Waals surface area contributed by atoms with E-state index in [2.05, 4.69) is 15.3 Å². The van der Waals surface area contributed by atoms with Gasteiger partial charge in [-0.25, -0.2) is 4.98 Å². The molecule has 0 fully saturated rings. The van der Waals surface area contributed by atoms with Crippen LogP contribution in [0.3, 0.4) is 0 Å². The summed E-state index contributed by atoms with van der Waals surface area (Å²) in [6.07, 6.45) is 1.70. The molecule has 5 nitrogen and oxygen atoms in total. The number of rotatable bonds is 4. The number of aromatic nitrogens is 2. The highest BCUT2D eigenvalue weighted by Crippen LogP contribution is 2.23. The van der Waals surface area contributed by atoms with Gasteiger partial charge in [0, 0.05) is 22.7 Å². The number of nitrogens with zero attached hydrogens (tertiary/aromatic N) is 2. The van der Waals surface area contributed by atoms with Crippen molar-refractivity contribution in [3.8, 4) is 0 Å². The van der Waals surface area contributed by atoms with Crippen LogP contribution in [0.4, 0.5) is 10.8 Å². The van der Waals surface area contributed by atoms with Gasteiger partial charge >= 0.3 is 5.97 Å². The second kappa shape index (κ2) is 5.26. The number of thiazole rings is 1. The van der Waals surface area contributed by atoms with Crippen molar-refractivity contribution in [3.05, 3.63) is 47.6 Å². The number of hydrogen-bond donors (Lipinski definition) is 2. The van der Waals surface area contributed by atoms with E-state index in [9.17, 15) is 4.79 Å². The minimum atomic E-state index is -0.876. The molecule has 100 valence electrons. The van der Waals surface area contributed by atoms with Crippen LogP contribution in [0.25, 0.3) is 10.9 Å². The number of carboxylic acid groups (broad SMARTS) is 1. The second-order valence-corrected chi connectivity index (χ2v) is 5.11. The lowest BCUT2D eigenvalue weighted by molar-refractivity contribution is -0.136. The van der Waals surface area contributed by atoms with Crippen molar-refractivity contribution in [2.75, 3.05) is 5.32 Å². The van der Waals surface area contributed by atoms with Gasteiger partial charge in [0.05, 0.1) is 17.6 Å². The van der Waals surface area contributed by atoms with E-state index in [0.717, 1.165) is 16.6 Å². The predicted molar refractivity (Wildman–Crippen MR) is 78.5 cm³/mol. The van der Waals surface area contributed by atoms with Crippen molar-refractivity contribution in [1.29, 1.82) is 0 Å². The Morgan fingerprint density at radius 3 is 3.10 bits per heavy atom. The SMILES string of the molecule is O=C(O)Cc1csc(Nc2ccc3ncccc3c2)n1. The molecule has 0 atom stereocenters. The van der Waals surface area contributed by atoms with Crippen LogP contribution >= 0.6 is 11.3 Å². The Morgan fingerprint density at radius 2 is 2.25 bits per heavy atom. The maximum Gasteiger partial charge on any atom is 0.309 e. The highest BCUT2D eigenvalue weighted by Gasteiger charge is 2.06. The molecule has 0 aliphatic rings. The van der Waals surface area contributed by atoms with Crippen LogP contribution in [0, 0.1) is 0 Å². The topological polar surface area (TPSA) is 75.1 Å². The highest BCUT2D eigenvalue weighted by molar-refractivity contribution is 7.13. The van der Waals surface area contributed by atoms with Gasteiger partial charge in [-0.15, -0.1) is 11.3 Å². The third-order valence-electron chi connectivity index (χ3n) is 2.74. The lowest BCUT2D eigenvalue weighted by atomic mass is 10.2. The molecule has 20 heavy (non-hydrogen) atoms. The molecule has 2 aromatic heterocycles. The van der Waals surface area contributed by atoms with Crippen molar-refractivity contribution in [1.82, 2.24) is 9.97 Å². The van der Waals surface area contributed by atoms with Gasteiger partial charge in [0.2, 0.25) is 0 Å². The standard InChI is InChI=1S/C14H11N3O2S/c18-13(19)7-11-8-20-14(17-11)16-10-3-4-12-9(6-10)2-1-5-15-12/h1-6,8H,7H2,(H,16,17)(H,18,19). The quantitative estimate of drug-likeness (QED) is 0.770. The summed E-state index contributed by atoms with van der Waals surface area (Å²) in [4.78, 5) is 19.1. The van der Waals surface area contributed by atoms with Gasteiger partial charge in [0.1, 0.15) is 0 Å². The van der Waals surface area contributed by atoms with Gasteiger partial charge in [-0.1, -0.05) is 6.07 Å². The number of fused-ring (bicyclic) bond motifs is 1. The van der Waals surface area contributed by atoms with Gasteiger partial charge in [-0.3, -0.25) is 9.78 Å². The zero-order chi connectivity index (χ0) is 13.9. The third kappa shape index (κ3) is 2.75. The summed E-state index contributed by atoms with van der Waals surface area (Å²) >= 11 is 1.39. The molecule has 2 heterocycles. The molecule has 2 N–H and O–H groups in total. The predicted octanol–water partition coefficient (Wildman–Crippen LogP) is 3.06. The van der Waals surface area contributed by atoms with E-state index >= 15 is 0 Å². The van der Waals surface area contributed by atoms with Crippen molar-refractivity contribution >= 4 is 39.0 Å². The smallest absolute Gasteiger partial charge is 0.309 e. The lowest BCUT2D eigenvalue weighted by Crippen LogP contribution is -2.00. The van der Waals surface area contributed by atoms with Crippen molar-refractivity contribution < 1.29 is 9.90 Å². The summed E-state index contributed by atoms with van der Waals surface area (Å²) in [6.45, 7) is 0. The number of benzene rings is 1. The molecule has 3 rings (SSSR count). The van der Waals surface area contributed by atoms with E-state index in [0.29, 0.717) is 10.8 Å². The summed E-state index contributed by atoms with van der Waals surface area (Å²) in [5, 5.41) is 15.4. The van der Waals surface area contributed by atoms with E-state index in [4.69, 9.17) is 5.11 Å². The molecular weight excluding hydrogens is 274 g/mol. The molecular formula is C14H11N3O2S. The Hall–Kier alpha value is -2.47. The van der Waals surface area contributed by atoms with Crippen molar-refractivity contribution in [2.24, 2.45) is 0 Å². The van der Waals surface area contributed by atoms with Crippen LogP contribution in [0.5, 0.6) is 0 Å². The molecule has 1 aromatic carbocycles. The lowest BCUT2D eigenvalue weighted by Gasteiger charge is -2.03. The fourth-order valence-corrected chi connectivity index (χ4v) is 2.61. The highest BCUT2D eigenvalue weighted by atomic mass is 32.1. The van der Waals surface area contributed by atoms with Gasteiger partial charge in [-0.05, 0) is 24.3 Å². The van der Waals surface area contributed by atoms with Crippen LogP contribution in [-0.4, -0.2) is 21.0 Å². The molecule has 0 spiro atoms. The average Bonchev–Trinajstić information content (AvgIpc) is 2.85. The Balaban J connectivity index is 1.81. The third-order valence-corrected chi connectivity index (χ3v) is 3.54. The first-order valence-electron chi connectivity index (χ1n) is 5.99. The number of pyridine rings is 1. The molecule has 0 bridgehead atoms. The first-order valence-corrected chi connectivity index (χ1v) is 6.87. The molecule has 0 saturated carbocycles. The molecule has 3 aromatic rings. The van der Waals surface area contributed by atoms with E-state index in [1.54, 1.807) is 11.6 Å². The van der Waals surface area contributed by atoms with Crippen molar-refractivity contribution in [3.63, 3.8) is 0 Å². The minimum absolute atomic E-state index is 0.0557. The molecule has 0 radical (unpaired) electrons. The van der Waals surface area contributed by atoms with E-state index in [1.165, 1.54) is 11.3 Å². The van der Waals surface area contributed by atoms with E-state index < -0.39 is 5.97 Å². The Labute approximate surface area is 118 Å². The summed E-state index contributed by atoms with van der Waals surface area (Å²) in [5.41, 5.74) is 2.40. The summed E-state index contributed by atoms with van der Waals surface area (Å²) < 4.78 is 0. The van der Waals surface area contributed by atoms with Gasteiger partial charge in [-0.2, -0.15) is 0 Å². The number of aliphatic carboxylic acids is 1. The monoisotopic (exact) mass is 285 g/mol. The summed E-state index contributed by atoms with van der Waals surface area (Å²) in [7, 11) is 0. The molecule has 0 aliphatic carbocycles. The molecule has 0 aliphatic heterocycles. The fourth-order valence-electron chi connectivity index (χ4n) is 1.88. The van der Waals surface area contributed by atoms with Crippen LogP contribution in [0.2, 0.25) is 0 Å². The zero-order valence-electron chi connectivity index (χ0n) is 10.4. The normalized spacial score (nSPS) is 10.6. The molecule has 0 unspecified atom stereocenters. The Bertz CT molecular complexity index is 770. The number of carboxylic acids is 1. The van der Waals surface area contributed by atoms with Gasteiger partial charge in [0.15, 0.2) is 5.13 Å². The van der Waals surface area contributed by atoms with Crippen LogP contribution < -0.4 is 5.32 Å². The van der Waals surface area contributed by atoms with Gasteiger partial charge < -0.3 is 10.4 Å². The van der Waals surface area contributed by atoms with Crippen LogP contribution in [0.1, 0.15) is 5.69 Å². The molecule has 0 saturated heterocycles. The Kier molecular flexibility index (Phi) is 3.30. The summed E-state index contributed by atoms with van der Waals surface area (Å²) in [6, 6.07) is 9.73. The van der Waals surface area contributed by atoms with Gasteiger partial charge in [0.25, 0.3) is 0 Å². The zero-order valence-corrected chi connectivity index (χ0v) is 11.2. The number of nitrogens with one attached hydrogen (secondary N) is 1. The minimum Gasteiger partial charge on any atom is -0.481 e. The van der Waals surface area contributed by atoms with E-state index in [1.807, 2.05) is 30.3 Å². The first-order chi connectivity index (χ1) is 9.70. The van der Waals surface area contributed by atoms with Crippen LogP contribution in [0.15, 0.2) is 41.9 Å².